The first-order valence-corrected chi connectivity index (χ1v) is 13.4. The summed E-state index contributed by atoms with van der Waals surface area (Å²) >= 11 is 0. The topological polar surface area (TPSA) is 100 Å². The third-order valence-corrected chi connectivity index (χ3v) is 6.48. The second-order valence-corrected chi connectivity index (χ2v) is 10.00. The Kier molecular flexibility index (Phi) is 10.5. The lowest BCUT2D eigenvalue weighted by molar-refractivity contribution is 0.0930. The number of fused-ring (bicyclic) bond motifs is 1. The minimum atomic E-state index is -0.274. The Bertz CT molecular complexity index is 1160. The standard InChI is InChI=1S/C30H40N4O3/c1-5-8-23(10-6-11-27-20-34-15-7-9-22(4)29(34)32-27)17-26(14-16-35)33-30(36)24-12-13-28(37-21(2)3)25(18-24)19-31/h6,8,10,12-13,18,20-22,26,35H,5,7,9,11,14-17H2,1-4H3,(H,33,36)/b10-6-,23-8+/t22?,26-/m1/s1. The van der Waals surface area contributed by atoms with Gasteiger partial charge in [-0.3, -0.25) is 4.79 Å². The molecule has 7 nitrogen and oxygen atoms in total. The van der Waals surface area contributed by atoms with E-state index in [-0.39, 0.29) is 24.7 Å². The number of carbonyl (C=O) groups is 1. The van der Waals surface area contributed by atoms with Gasteiger partial charge in [-0.05, 0) is 64.2 Å². The monoisotopic (exact) mass is 504 g/mol. The Labute approximate surface area is 220 Å². The molecule has 0 aliphatic carbocycles. The van der Waals surface area contributed by atoms with Crippen molar-refractivity contribution in [2.75, 3.05) is 6.61 Å². The molecule has 2 heterocycles. The Balaban J connectivity index is 1.66. The molecule has 0 saturated carbocycles. The van der Waals surface area contributed by atoms with Crippen molar-refractivity contribution >= 4 is 5.91 Å². The van der Waals surface area contributed by atoms with Crippen LogP contribution in [0.2, 0.25) is 0 Å². The fourth-order valence-corrected chi connectivity index (χ4v) is 4.72. The molecular formula is C30H40N4O3. The molecule has 1 aromatic carbocycles. The number of carbonyl (C=O) groups excluding carboxylic acids is 1. The largest absolute Gasteiger partial charge is 0.490 e. The summed E-state index contributed by atoms with van der Waals surface area (Å²) in [7, 11) is 0. The molecule has 7 heteroatoms. The van der Waals surface area contributed by atoms with Gasteiger partial charge in [-0.25, -0.2) is 4.98 Å². The highest BCUT2D eigenvalue weighted by Crippen LogP contribution is 2.26. The summed E-state index contributed by atoms with van der Waals surface area (Å²) in [5.74, 6) is 1.89. The van der Waals surface area contributed by atoms with Gasteiger partial charge in [0.1, 0.15) is 17.6 Å². The fraction of sp³-hybridized carbons (Fsp3) is 0.500. The minimum Gasteiger partial charge on any atom is -0.490 e. The van der Waals surface area contributed by atoms with Crippen LogP contribution >= 0.6 is 0 Å². The van der Waals surface area contributed by atoms with Crippen molar-refractivity contribution in [2.45, 2.75) is 90.8 Å². The number of imidazole rings is 1. The summed E-state index contributed by atoms with van der Waals surface area (Å²) in [6, 6.07) is 6.75. The van der Waals surface area contributed by atoms with Crippen LogP contribution in [0.25, 0.3) is 0 Å². The molecule has 3 rings (SSSR count). The maximum atomic E-state index is 13.0. The number of nitriles is 1. The smallest absolute Gasteiger partial charge is 0.251 e. The SMILES string of the molecule is CC/C=C(\C=C/Cc1cn2c(n1)C(C)CCC2)C[C@@H](CCO)NC(=O)c1ccc(OC(C)C)c(C#N)c1. The van der Waals surface area contributed by atoms with Crippen LogP contribution in [0.3, 0.4) is 0 Å². The Hall–Kier alpha value is -3.37. The molecule has 2 N–H and O–H groups in total. The van der Waals surface area contributed by atoms with Crippen LogP contribution in [0.4, 0.5) is 0 Å². The quantitative estimate of drug-likeness (QED) is 0.375. The molecule has 1 aliphatic rings. The molecule has 1 aromatic heterocycles. The number of aliphatic hydroxyl groups excluding tert-OH is 1. The molecule has 1 amide bonds. The van der Waals surface area contributed by atoms with Gasteiger partial charge < -0.3 is 19.7 Å². The van der Waals surface area contributed by atoms with E-state index >= 15 is 0 Å². The number of rotatable bonds is 12. The highest BCUT2D eigenvalue weighted by atomic mass is 16.5. The molecule has 0 fully saturated rings. The predicted molar refractivity (Wildman–Crippen MR) is 146 cm³/mol. The van der Waals surface area contributed by atoms with E-state index in [2.05, 4.69) is 54.2 Å². The highest BCUT2D eigenvalue weighted by molar-refractivity contribution is 5.95. The normalized spacial score (nSPS) is 16.5. The number of aliphatic hydroxyl groups is 1. The minimum absolute atomic E-state index is 0.0307. The van der Waals surface area contributed by atoms with E-state index in [4.69, 9.17) is 9.72 Å². The number of aromatic nitrogens is 2. The van der Waals surface area contributed by atoms with Gasteiger partial charge in [-0.1, -0.05) is 37.6 Å². The molecule has 1 unspecified atom stereocenters. The zero-order chi connectivity index (χ0) is 26.8. The van der Waals surface area contributed by atoms with Crippen molar-refractivity contribution in [2.24, 2.45) is 0 Å². The van der Waals surface area contributed by atoms with Gasteiger partial charge in [0.15, 0.2) is 0 Å². The summed E-state index contributed by atoms with van der Waals surface area (Å²) in [6.45, 7) is 9.12. The molecule has 2 atom stereocenters. The van der Waals surface area contributed by atoms with Crippen LogP contribution < -0.4 is 10.1 Å². The van der Waals surface area contributed by atoms with Crippen molar-refractivity contribution in [1.29, 1.82) is 5.26 Å². The van der Waals surface area contributed by atoms with Gasteiger partial charge >= 0.3 is 0 Å². The van der Waals surface area contributed by atoms with Gasteiger partial charge in [-0.2, -0.15) is 5.26 Å². The fourth-order valence-electron chi connectivity index (χ4n) is 4.72. The number of allylic oxidation sites excluding steroid dienone is 3. The average molecular weight is 505 g/mol. The molecule has 0 radical (unpaired) electrons. The second-order valence-electron chi connectivity index (χ2n) is 10.00. The van der Waals surface area contributed by atoms with E-state index in [9.17, 15) is 15.2 Å². The number of hydrogen-bond donors (Lipinski definition) is 2. The summed E-state index contributed by atoms with van der Waals surface area (Å²) < 4.78 is 7.94. The summed E-state index contributed by atoms with van der Waals surface area (Å²) in [5, 5.41) is 22.2. The van der Waals surface area contributed by atoms with Gasteiger partial charge in [0.05, 0.1) is 17.4 Å². The van der Waals surface area contributed by atoms with Crippen LogP contribution in [0, 0.1) is 11.3 Å². The van der Waals surface area contributed by atoms with E-state index in [1.54, 1.807) is 18.2 Å². The first kappa shape index (κ1) is 28.2. The maximum absolute atomic E-state index is 13.0. The van der Waals surface area contributed by atoms with Gasteiger partial charge in [-0.15, -0.1) is 0 Å². The van der Waals surface area contributed by atoms with Crippen molar-refractivity contribution in [3.63, 3.8) is 0 Å². The molecule has 198 valence electrons. The van der Waals surface area contributed by atoms with Crippen LogP contribution in [-0.4, -0.2) is 39.3 Å². The number of nitrogens with one attached hydrogen (secondary N) is 1. The van der Waals surface area contributed by atoms with E-state index in [0.717, 1.165) is 30.7 Å². The van der Waals surface area contributed by atoms with Crippen molar-refractivity contribution in [3.8, 4) is 11.8 Å². The number of hydrogen-bond acceptors (Lipinski definition) is 5. The maximum Gasteiger partial charge on any atom is 0.251 e. The van der Waals surface area contributed by atoms with Crippen molar-refractivity contribution < 1.29 is 14.6 Å². The third-order valence-electron chi connectivity index (χ3n) is 6.48. The lowest BCUT2D eigenvalue weighted by Gasteiger charge is -2.19. The van der Waals surface area contributed by atoms with E-state index < -0.39 is 0 Å². The molecular weight excluding hydrogens is 464 g/mol. The number of nitrogens with zero attached hydrogens (tertiary/aromatic N) is 3. The zero-order valence-electron chi connectivity index (χ0n) is 22.5. The molecule has 2 aromatic rings. The second kappa shape index (κ2) is 13.8. The number of ether oxygens (including phenoxy) is 1. The van der Waals surface area contributed by atoms with Gasteiger partial charge in [0.2, 0.25) is 0 Å². The van der Waals surface area contributed by atoms with Crippen LogP contribution in [0.5, 0.6) is 5.75 Å². The average Bonchev–Trinajstić information content (AvgIpc) is 3.28. The first-order chi connectivity index (χ1) is 17.8. The number of amides is 1. The lowest BCUT2D eigenvalue weighted by atomic mass is 10.0. The number of benzene rings is 1. The Morgan fingerprint density at radius 1 is 1.41 bits per heavy atom. The molecule has 37 heavy (non-hydrogen) atoms. The zero-order valence-corrected chi connectivity index (χ0v) is 22.5. The predicted octanol–water partition coefficient (Wildman–Crippen LogP) is 5.45. The van der Waals surface area contributed by atoms with Gasteiger partial charge in [0, 0.05) is 43.3 Å². The third kappa shape index (κ3) is 8.06. The van der Waals surface area contributed by atoms with Crippen molar-refractivity contribution in [1.82, 2.24) is 14.9 Å². The number of aryl methyl sites for hydroxylation is 1. The summed E-state index contributed by atoms with van der Waals surface area (Å²) in [4.78, 5) is 17.8. The summed E-state index contributed by atoms with van der Waals surface area (Å²) in [5.41, 5.74) is 2.90. The highest BCUT2D eigenvalue weighted by Gasteiger charge is 2.19. The van der Waals surface area contributed by atoms with E-state index in [1.165, 1.54) is 18.7 Å². The van der Waals surface area contributed by atoms with Crippen LogP contribution in [0.15, 0.2) is 48.2 Å². The Morgan fingerprint density at radius 2 is 2.22 bits per heavy atom. The molecule has 0 bridgehead atoms. The lowest BCUT2D eigenvalue weighted by Crippen LogP contribution is -2.36. The van der Waals surface area contributed by atoms with E-state index in [0.29, 0.717) is 35.6 Å². The first-order valence-electron chi connectivity index (χ1n) is 13.4. The molecule has 0 spiro atoms. The van der Waals surface area contributed by atoms with E-state index in [1.807, 2.05) is 13.8 Å². The van der Waals surface area contributed by atoms with Crippen LogP contribution in [0.1, 0.15) is 93.2 Å². The summed E-state index contributed by atoms with van der Waals surface area (Å²) in [6.07, 6.45) is 13.6. The molecule has 0 saturated heterocycles. The van der Waals surface area contributed by atoms with Gasteiger partial charge in [0.25, 0.3) is 5.91 Å². The van der Waals surface area contributed by atoms with Crippen molar-refractivity contribution in [3.05, 3.63) is 70.8 Å². The molecule has 1 aliphatic heterocycles. The Morgan fingerprint density at radius 3 is 2.89 bits per heavy atom. The van der Waals surface area contributed by atoms with Crippen LogP contribution in [-0.2, 0) is 13.0 Å².